The summed E-state index contributed by atoms with van der Waals surface area (Å²) in [7, 11) is 0.120. The molecule has 2 aliphatic rings. The number of nitrogens with zero attached hydrogens (tertiary/aromatic N) is 2. The van der Waals surface area contributed by atoms with Crippen molar-refractivity contribution in [1.29, 1.82) is 0 Å². The number of hydrogen-bond donors (Lipinski definition) is 2. The molecular formula is C24H31N3O5Si. The molecule has 33 heavy (non-hydrogen) atoms. The Bertz CT molecular complexity index is 1100. The molecule has 8 nitrogen and oxygen atoms in total. The number of fused-ring (bicyclic) bond motifs is 3. The number of hydrogen-bond acceptors (Lipinski definition) is 6. The molecule has 4 rings (SSSR count). The van der Waals surface area contributed by atoms with Gasteiger partial charge in [0.1, 0.15) is 12.8 Å². The average Bonchev–Trinajstić information content (AvgIpc) is 2.83. The van der Waals surface area contributed by atoms with Crippen molar-refractivity contribution in [1.82, 2.24) is 4.90 Å². The highest BCUT2D eigenvalue weighted by Gasteiger charge is 2.42. The zero-order valence-electron chi connectivity index (χ0n) is 19.6. The molecule has 1 unspecified atom stereocenters. The van der Waals surface area contributed by atoms with Gasteiger partial charge < -0.3 is 25.2 Å². The molecule has 1 atom stereocenters. The van der Waals surface area contributed by atoms with Crippen molar-refractivity contribution in [2.45, 2.75) is 44.7 Å². The number of aromatic hydroxyl groups is 1. The SMILES string of the molecule is COc1cc2c(cc1O)N(COCC[Si](C)(C)C)C(=O)C1Cc3ccc(N)cc3CN1C2=O. The van der Waals surface area contributed by atoms with Gasteiger partial charge >= 0.3 is 0 Å². The Balaban J connectivity index is 1.73. The van der Waals surface area contributed by atoms with Crippen molar-refractivity contribution < 1.29 is 24.2 Å². The fourth-order valence-electron chi connectivity index (χ4n) is 4.27. The second kappa shape index (κ2) is 8.72. The summed E-state index contributed by atoms with van der Waals surface area (Å²) in [5, 5.41) is 10.4. The Morgan fingerprint density at radius 1 is 1.15 bits per heavy atom. The van der Waals surface area contributed by atoms with Crippen molar-refractivity contribution in [3.63, 3.8) is 0 Å². The Morgan fingerprint density at radius 3 is 2.61 bits per heavy atom. The van der Waals surface area contributed by atoms with Crippen molar-refractivity contribution >= 4 is 31.3 Å². The van der Waals surface area contributed by atoms with Gasteiger partial charge in [0.05, 0.1) is 18.4 Å². The third kappa shape index (κ3) is 4.56. The predicted octanol–water partition coefficient (Wildman–Crippen LogP) is 3.21. The lowest BCUT2D eigenvalue weighted by molar-refractivity contribution is -0.124. The van der Waals surface area contributed by atoms with Crippen LogP contribution in [0.25, 0.3) is 0 Å². The highest BCUT2D eigenvalue weighted by atomic mass is 28.3. The quantitative estimate of drug-likeness (QED) is 0.382. The summed E-state index contributed by atoms with van der Waals surface area (Å²) in [5.41, 5.74) is 9.12. The van der Waals surface area contributed by atoms with E-state index in [-0.39, 0.29) is 36.6 Å². The number of methoxy groups -OCH3 is 1. The van der Waals surface area contributed by atoms with Crippen molar-refractivity contribution in [2.75, 3.05) is 31.1 Å². The molecule has 0 bridgehead atoms. The van der Waals surface area contributed by atoms with Crippen molar-refractivity contribution in [2.24, 2.45) is 0 Å². The molecule has 2 aliphatic heterocycles. The summed E-state index contributed by atoms with van der Waals surface area (Å²) in [5.74, 6) is -0.490. The fourth-order valence-corrected chi connectivity index (χ4v) is 5.03. The van der Waals surface area contributed by atoms with Gasteiger partial charge in [0.2, 0.25) is 0 Å². The Labute approximate surface area is 194 Å². The number of amides is 2. The van der Waals surface area contributed by atoms with Crippen molar-refractivity contribution in [3.8, 4) is 11.5 Å². The molecular weight excluding hydrogens is 438 g/mol. The van der Waals surface area contributed by atoms with E-state index in [2.05, 4.69) is 19.6 Å². The smallest absolute Gasteiger partial charge is 0.257 e. The van der Waals surface area contributed by atoms with E-state index in [1.54, 1.807) is 4.90 Å². The van der Waals surface area contributed by atoms with Crippen LogP contribution >= 0.6 is 0 Å². The minimum Gasteiger partial charge on any atom is -0.504 e. The van der Waals surface area contributed by atoms with E-state index in [0.29, 0.717) is 30.0 Å². The predicted molar refractivity (Wildman–Crippen MR) is 129 cm³/mol. The molecule has 0 saturated carbocycles. The van der Waals surface area contributed by atoms with E-state index >= 15 is 0 Å². The van der Waals surface area contributed by atoms with Crippen LogP contribution in [0, 0.1) is 0 Å². The molecule has 0 radical (unpaired) electrons. The van der Waals surface area contributed by atoms with Crippen LogP contribution in [0.15, 0.2) is 30.3 Å². The number of anilines is 2. The number of nitrogens with two attached hydrogens (primary N) is 1. The molecule has 0 aromatic heterocycles. The summed E-state index contributed by atoms with van der Waals surface area (Å²) in [6.45, 7) is 7.60. The van der Waals surface area contributed by atoms with Gasteiger partial charge in [0, 0.05) is 39.4 Å². The van der Waals surface area contributed by atoms with Gasteiger partial charge in [-0.2, -0.15) is 0 Å². The first kappa shape index (κ1) is 23.1. The second-order valence-corrected chi connectivity index (χ2v) is 15.5. The molecule has 2 aromatic carbocycles. The summed E-state index contributed by atoms with van der Waals surface area (Å²) < 4.78 is 11.1. The number of nitrogen functional groups attached to an aromatic ring is 1. The molecule has 0 aliphatic carbocycles. The first-order valence-corrected chi connectivity index (χ1v) is 14.8. The third-order valence-corrected chi connectivity index (χ3v) is 7.91. The summed E-state index contributed by atoms with van der Waals surface area (Å²) in [6.07, 6.45) is 0.392. The number of phenolic OH excluding ortho intramolecular Hbond substituents is 1. The molecule has 2 aromatic rings. The van der Waals surface area contributed by atoms with Gasteiger partial charge in [0.25, 0.3) is 11.8 Å². The molecule has 0 saturated heterocycles. The number of carbonyl (C=O) groups is 2. The van der Waals surface area contributed by atoms with Crippen molar-refractivity contribution in [3.05, 3.63) is 47.0 Å². The van der Waals surface area contributed by atoms with E-state index in [9.17, 15) is 14.7 Å². The standard InChI is InChI=1S/C24H31N3O5Si/c1-31-22-11-18-19(12-21(22)28)27(14-32-7-8-33(2,3)4)24(30)20-10-15-5-6-17(25)9-16(15)13-26(20)23(18)29/h5-6,9,11-12,20,28H,7-8,10,13-14,25H2,1-4H3. The van der Waals surface area contributed by atoms with Crippen LogP contribution in [0.5, 0.6) is 11.5 Å². The van der Waals surface area contributed by atoms with E-state index in [1.165, 1.54) is 24.1 Å². The summed E-state index contributed by atoms with van der Waals surface area (Å²) in [4.78, 5) is 30.4. The normalized spacial score (nSPS) is 17.9. The van der Waals surface area contributed by atoms with E-state index < -0.39 is 14.1 Å². The van der Waals surface area contributed by atoms with Crippen LogP contribution in [-0.4, -0.2) is 56.4 Å². The van der Waals surface area contributed by atoms with Gasteiger partial charge in [-0.05, 0) is 35.4 Å². The van der Waals surface area contributed by atoms with Crippen LogP contribution in [-0.2, 0) is 22.5 Å². The topological polar surface area (TPSA) is 105 Å². The van der Waals surface area contributed by atoms with E-state index in [4.69, 9.17) is 15.2 Å². The molecule has 0 spiro atoms. The molecule has 176 valence electrons. The van der Waals surface area contributed by atoms with Gasteiger partial charge in [-0.15, -0.1) is 0 Å². The monoisotopic (exact) mass is 469 g/mol. The Kier molecular flexibility index (Phi) is 6.11. The van der Waals surface area contributed by atoms with Gasteiger partial charge in [-0.3, -0.25) is 14.5 Å². The van der Waals surface area contributed by atoms with Gasteiger partial charge in [-0.25, -0.2) is 0 Å². The maximum atomic E-state index is 13.7. The lowest BCUT2D eigenvalue weighted by Crippen LogP contribution is -2.52. The number of rotatable bonds is 6. The Morgan fingerprint density at radius 2 is 1.91 bits per heavy atom. The highest BCUT2D eigenvalue weighted by molar-refractivity contribution is 6.76. The maximum Gasteiger partial charge on any atom is 0.257 e. The van der Waals surface area contributed by atoms with Gasteiger partial charge in [0.15, 0.2) is 11.5 Å². The molecule has 0 fully saturated rings. The third-order valence-electron chi connectivity index (χ3n) is 6.21. The van der Waals surface area contributed by atoms with Crippen LogP contribution in [0.4, 0.5) is 11.4 Å². The first-order chi connectivity index (χ1) is 15.6. The zero-order chi connectivity index (χ0) is 23.9. The number of benzene rings is 2. The minimum atomic E-state index is -1.30. The molecule has 2 heterocycles. The molecule has 2 amide bonds. The second-order valence-electron chi connectivity index (χ2n) is 9.84. The number of carbonyl (C=O) groups excluding carboxylic acids is 2. The van der Waals surface area contributed by atoms with Crippen LogP contribution in [0.2, 0.25) is 25.7 Å². The summed E-state index contributed by atoms with van der Waals surface area (Å²) >= 11 is 0. The van der Waals surface area contributed by atoms with Crippen LogP contribution in [0.1, 0.15) is 21.5 Å². The van der Waals surface area contributed by atoms with Crippen LogP contribution < -0.4 is 15.4 Å². The van der Waals surface area contributed by atoms with E-state index in [1.807, 2.05) is 18.2 Å². The summed E-state index contributed by atoms with van der Waals surface area (Å²) in [6, 6.07) is 8.77. The molecule has 9 heteroatoms. The first-order valence-electron chi connectivity index (χ1n) is 11.1. The van der Waals surface area contributed by atoms with Gasteiger partial charge in [-0.1, -0.05) is 25.7 Å². The van der Waals surface area contributed by atoms with Crippen LogP contribution in [0.3, 0.4) is 0 Å². The Hall–Kier alpha value is -3.04. The average molecular weight is 470 g/mol. The number of phenols is 1. The molecule has 3 N–H and O–H groups in total. The minimum absolute atomic E-state index is 0.00823. The fraction of sp³-hybridized carbons (Fsp3) is 0.417. The highest BCUT2D eigenvalue weighted by Crippen LogP contribution is 2.39. The lowest BCUT2D eigenvalue weighted by atomic mass is 9.92. The lowest BCUT2D eigenvalue weighted by Gasteiger charge is -2.35. The zero-order valence-corrected chi connectivity index (χ0v) is 20.6. The van der Waals surface area contributed by atoms with E-state index in [0.717, 1.165) is 17.2 Å². The largest absolute Gasteiger partial charge is 0.504 e. The maximum absolute atomic E-state index is 13.7. The number of ether oxygens (including phenoxy) is 2.